The van der Waals surface area contributed by atoms with E-state index in [1.165, 1.54) is 5.56 Å². The van der Waals surface area contributed by atoms with E-state index in [0.717, 1.165) is 31.4 Å². The van der Waals surface area contributed by atoms with E-state index in [2.05, 4.69) is 36.5 Å². The van der Waals surface area contributed by atoms with Crippen LogP contribution in [-0.2, 0) is 17.6 Å². The van der Waals surface area contributed by atoms with Crippen molar-refractivity contribution in [2.45, 2.75) is 32.6 Å². The molecule has 1 fully saturated rings. The van der Waals surface area contributed by atoms with Crippen LogP contribution in [-0.4, -0.2) is 24.2 Å². The second kappa shape index (κ2) is 5.53. The molecule has 1 aromatic rings. The zero-order chi connectivity index (χ0) is 13.0. The fourth-order valence-electron chi connectivity index (χ4n) is 2.66. The number of carboxylic acids is 1. The number of benzene rings is 1. The number of nitrogens with one attached hydrogen (secondary N) is 1. The van der Waals surface area contributed by atoms with Crippen LogP contribution in [0.3, 0.4) is 0 Å². The molecule has 1 heterocycles. The highest BCUT2D eigenvalue weighted by Crippen LogP contribution is 2.31. The van der Waals surface area contributed by atoms with Gasteiger partial charge in [-0.05, 0) is 43.4 Å². The van der Waals surface area contributed by atoms with E-state index in [1.807, 2.05) is 0 Å². The first-order chi connectivity index (χ1) is 8.66. The average molecular weight is 247 g/mol. The molecule has 1 aromatic carbocycles. The van der Waals surface area contributed by atoms with Gasteiger partial charge in [-0.15, -0.1) is 0 Å². The van der Waals surface area contributed by atoms with Crippen molar-refractivity contribution in [3.8, 4) is 0 Å². The minimum absolute atomic E-state index is 0.581. The number of aliphatic carboxylic acids is 1. The molecule has 3 heteroatoms. The van der Waals surface area contributed by atoms with Crippen molar-refractivity contribution in [3.63, 3.8) is 0 Å². The van der Waals surface area contributed by atoms with Crippen molar-refractivity contribution in [3.05, 3.63) is 35.4 Å². The van der Waals surface area contributed by atoms with Crippen LogP contribution in [0.2, 0.25) is 0 Å². The Balaban J connectivity index is 2.15. The number of aryl methyl sites for hydroxylation is 1. The molecule has 0 amide bonds. The number of piperidine rings is 1. The third kappa shape index (κ3) is 2.72. The Kier molecular flexibility index (Phi) is 4.02. The van der Waals surface area contributed by atoms with Crippen molar-refractivity contribution in [1.29, 1.82) is 0 Å². The number of hydrogen-bond acceptors (Lipinski definition) is 2. The largest absolute Gasteiger partial charge is 0.481 e. The van der Waals surface area contributed by atoms with E-state index in [9.17, 15) is 9.90 Å². The fourth-order valence-corrected chi connectivity index (χ4v) is 2.66. The van der Waals surface area contributed by atoms with Gasteiger partial charge < -0.3 is 10.4 Å². The summed E-state index contributed by atoms with van der Waals surface area (Å²) in [6.07, 6.45) is 3.36. The van der Waals surface area contributed by atoms with Crippen molar-refractivity contribution in [1.82, 2.24) is 5.32 Å². The lowest BCUT2D eigenvalue weighted by Gasteiger charge is -2.33. The molecule has 0 bridgehead atoms. The summed E-state index contributed by atoms with van der Waals surface area (Å²) in [7, 11) is 0. The van der Waals surface area contributed by atoms with E-state index in [-0.39, 0.29) is 0 Å². The Morgan fingerprint density at radius 3 is 2.50 bits per heavy atom. The number of carboxylic acid groups (broad SMARTS) is 1. The summed E-state index contributed by atoms with van der Waals surface area (Å²) in [5.74, 6) is -0.672. The van der Waals surface area contributed by atoms with Gasteiger partial charge in [0.05, 0.1) is 5.41 Å². The van der Waals surface area contributed by atoms with Gasteiger partial charge in [0.15, 0.2) is 0 Å². The Morgan fingerprint density at radius 2 is 2.00 bits per heavy atom. The molecule has 2 rings (SSSR count). The van der Waals surface area contributed by atoms with Crippen LogP contribution in [0.25, 0.3) is 0 Å². The predicted molar refractivity (Wildman–Crippen MR) is 71.7 cm³/mol. The van der Waals surface area contributed by atoms with Crippen molar-refractivity contribution < 1.29 is 9.90 Å². The van der Waals surface area contributed by atoms with E-state index in [4.69, 9.17) is 0 Å². The van der Waals surface area contributed by atoms with Gasteiger partial charge in [-0.1, -0.05) is 31.2 Å². The molecule has 0 spiro atoms. The van der Waals surface area contributed by atoms with Gasteiger partial charge in [0.2, 0.25) is 0 Å². The van der Waals surface area contributed by atoms with Crippen LogP contribution in [0.5, 0.6) is 0 Å². The van der Waals surface area contributed by atoms with Crippen molar-refractivity contribution >= 4 is 5.97 Å². The maximum absolute atomic E-state index is 11.6. The molecule has 18 heavy (non-hydrogen) atoms. The van der Waals surface area contributed by atoms with E-state index in [1.54, 1.807) is 0 Å². The van der Waals surface area contributed by atoms with Crippen LogP contribution in [0, 0.1) is 5.41 Å². The summed E-state index contributed by atoms with van der Waals surface area (Å²) < 4.78 is 0. The van der Waals surface area contributed by atoms with Crippen molar-refractivity contribution in [2.24, 2.45) is 5.41 Å². The average Bonchev–Trinajstić information content (AvgIpc) is 2.40. The van der Waals surface area contributed by atoms with Gasteiger partial charge in [0.25, 0.3) is 0 Å². The molecular weight excluding hydrogens is 226 g/mol. The minimum Gasteiger partial charge on any atom is -0.481 e. The molecular formula is C15H21NO2. The SMILES string of the molecule is CCc1ccc(CC2(C(=O)O)CCCNC2)cc1. The molecule has 2 N–H and O–H groups in total. The van der Waals surface area contributed by atoms with Crippen LogP contribution in [0.1, 0.15) is 30.9 Å². The topological polar surface area (TPSA) is 49.3 Å². The maximum atomic E-state index is 11.6. The fraction of sp³-hybridized carbons (Fsp3) is 0.533. The van der Waals surface area contributed by atoms with Gasteiger partial charge in [-0.3, -0.25) is 4.79 Å². The smallest absolute Gasteiger partial charge is 0.311 e. The molecule has 98 valence electrons. The number of hydrogen-bond donors (Lipinski definition) is 2. The maximum Gasteiger partial charge on any atom is 0.311 e. The van der Waals surface area contributed by atoms with E-state index >= 15 is 0 Å². The monoisotopic (exact) mass is 247 g/mol. The van der Waals surface area contributed by atoms with Crippen LogP contribution in [0.15, 0.2) is 24.3 Å². The molecule has 0 saturated carbocycles. The summed E-state index contributed by atoms with van der Waals surface area (Å²) in [5.41, 5.74) is 1.80. The highest BCUT2D eigenvalue weighted by molar-refractivity contribution is 5.75. The van der Waals surface area contributed by atoms with E-state index < -0.39 is 11.4 Å². The molecule has 1 atom stereocenters. The molecule has 0 radical (unpaired) electrons. The molecule has 1 aliphatic rings. The van der Waals surface area contributed by atoms with Crippen LogP contribution >= 0.6 is 0 Å². The van der Waals surface area contributed by atoms with Gasteiger partial charge in [-0.25, -0.2) is 0 Å². The van der Waals surface area contributed by atoms with Gasteiger partial charge in [-0.2, -0.15) is 0 Å². The summed E-state index contributed by atoms with van der Waals surface area (Å²) in [6.45, 7) is 3.64. The Labute approximate surface area is 108 Å². The quantitative estimate of drug-likeness (QED) is 0.858. The second-order valence-electron chi connectivity index (χ2n) is 5.21. The lowest BCUT2D eigenvalue weighted by Crippen LogP contribution is -2.47. The van der Waals surface area contributed by atoms with Crippen LogP contribution < -0.4 is 5.32 Å². The molecule has 0 aromatic heterocycles. The predicted octanol–water partition coefficient (Wildman–Crippen LogP) is 2.25. The second-order valence-corrected chi connectivity index (χ2v) is 5.21. The lowest BCUT2D eigenvalue weighted by molar-refractivity contribution is -0.150. The first kappa shape index (κ1) is 13.1. The molecule has 3 nitrogen and oxygen atoms in total. The van der Waals surface area contributed by atoms with Gasteiger partial charge >= 0.3 is 5.97 Å². The molecule has 1 unspecified atom stereocenters. The van der Waals surface area contributed by atoms with Gasteiger partial charge in [0.1, 0.15) is 0 Å². The first-order valence-electron chi connectivity index (χ1n) is 6.68. The highest BCUT2D eigenvalue weighted by atomic mass is 16.4. The minimum atomic E-state index is -0.672. The molecule has 0 aliphatic carbocycles. The third-order valence-electron chi connectivity index (χ3n) is 3.90. The van der Waals surface area contributed by atoms with Gasteiger partial charge in [0, 0.05) is 6.54 Å². The third-order valence-corrected chi connectivity index (χ3v) is 3.90. The zero-order valence-corrected chi connectivity index (χ0v) is 10.9. The Morgan fingerprint density at radius 1 is 1.33 bits per heavy atom. The van der Waals surface area contributed by atoms with Crippen molar-refractivity contribution in [2.75, 3.05) is 13.1 Å². The summed E-state index contributed by atoms with van der Waals surface area (Å²) in [5, 5.41) is 12.7. The summed E-state index contributed by atoms with van der Waals surface area (Å²) in [4.78, 5) is 11.6. The molecule has 1 saturated heterocycles. The molecule has 1 aliphatic heterocycles. The summed E-state index contributed by atoms with van der Waals surface area (Å²) >= 11 is 0. The standard InChI is InChI=1S/C15H21NO2/c1-2-12-4-6-13(7-5-12)10-15(14(17)18)8-3-9-16-11-15/h4-7,16H,2-3,8-11H2,1H3,(H,17,18). The Bertz CT molecular complexity index is 405. The lowest BCUT2D eigenvalue weighted by atomic mass is 9.76. The van der Waals surface area contributed by atoms with E-state index in [0.29, 0.717) is 13.0 Å². The van der Waals surface area contributed by atoms with Crippen LogP contribution in [0.4, 0.5) is 0 Å². The highest BCUT2D eigenvalue weighted by Gasteiger charge is 2.39. The number of rotatable bonds is 4. The number of carbonyl (C=O) groups is 1. The first-order valence-corrected chi connectivity index (χ1v) is 6.68. The zero-order valence-electron chi connectivity index (χ0n) is 10.9. The summed E-state index contributed by atoms with van der Waals surface area (Å²) in [6, 6.07) is 8.33. The normalized spacial score (nSPS) is 23.8. The Hall–Kier alpha value is -1.35.